The molecule has 4 fully saturated rings. The number of piperidine rings is 1. The second kappa shape index (κ2) is 11.7. The van der Waals surface area contributed by atoms with Crippen LogP contribution < -0.4 is 31.9 Å². The Morgan fingerprint density at radius 3 is 2.75 bits per heavy atom. The Hall–Kier alpha value is -1.79. The minimum atomic E-state index is -0.356. The average molecular weight is 502 g/mol. The van der Waals surface area contributed by atoms with Gasteiger partial charge >= 0.3 is 0 Å². The fourth-order valence-corrected chi connectivity index (χ4v) is 6.03. The number of carbonyl (C=O) groups is 1. The molecule has 0 aromatic heterocycles. The highest BCUT2D eigenvalue weighted by atomic mass is 16.5. The van der Waals surface area contributed by atoms with Crippen LogP contribution in [-0.4, -0.2) is 93.5 Å². The largest absolute Gasteiger partial charge is 0.379 e. The minimum Gasteiger partial charge on any atom is -0.379 e. The highest BCUT2D eigenvalue weighted by Crippen LogP contribution is 2.25. The van der Waals surface area contributed by atoms with Crippen LogP contribution in [0.5, 0.6) is 0 Å². The molecular formula is C26H43N7O3. The van der Waals surface area contributed by atoms with E-state index in [1.54, 1.807) is 0 Å². The zero-order valence-electron chi connectivity index (χ0n) is 21.8. The Balaban J connectivity index is 1.18. The smallest absolute Gasteiger partial charge is 0.244 e. The number of nitrogens with zero attached hydrogens (tertiary/aromatic N) is 1. The van der Waals surface area contributed by atoms with Crippen molar-refractivity contribution < 1.29 is 14.3 Å². The van der Waals surface area contributed by atoms with Crippen molar-refractivity contribution in [2.45, 2.75) is 70.4 Å². The minimum absolute atomic E-state index is 0.0251. The Morgan fingerprint density at radius 2 is 1.97 bits per heavy atom. The van der Waals surface area contributed by atoms with Gasteiger partial charge in [0.1, 0.15) is 18.6 Å². The van der Waals surface area contributed by atoms with Crippen LogP contribution in [0.1, 0.15) is 32.3 Å². The molecule has 7 atom stereocenters. The summed E-state index contributed by atoms with van der Waals surface area (Å²) in [7, 11) is 0. The predicted molar refractivity (Wildman–Crippen MR) is 141 cm³/mol. The third-order valence-corrected chi connectivity index (χ3v) is 8.07. The van der Waals surface area contributed by atoms with E-state index in [1.165, 1.54) is 6.42 Å². The fraction of sp³-hybridized carbons (Fsp3) is 0.731. The molecule has 0 spiro atoms. The van der Waals surface area contributed by atoms with E-state index in [4.69, 9.17) is 9.47 Å². The van der Waals surface area contributed by atoms with Crippen LogP contribution in [0.3, 0.4) is 0 Å². The van der Waals surface area contributed by atoms with Gasteiger partial charge in [-0.05, 0) is 70.3 Å². The quantitative estimate of drug-likeness (QED) is 0.334. The molecule has 1 aromatic carbocycles. The maximum Gasteiger partial charge on any atom is 0.244 e. The molecule has 10 heteroatoms. The van der Waals surface area contributed by atoms with Gasteiger partial charge in [-0.3, -0.25) is 25.6 Å². The molecule has 10 nitrogen and oxygen atoms in total. The Bertz CT molecular complexity index is 896. The summed E-state index contributed by atoms with van der Waals surface area (Å²) in [6.45, 7) is 12.8. The van der Waals surface area contributed by atoms with Gasteiger partial charge in [-0.25, -0.2) is 0 Å². The normalized spacial score (nSPS) is 35.9. The molecule has 0 bridgehead atoms. The first-order chi connectivity index (χ1) is 17.5. The molecule has 200 valence electrons. The lowest BCUT2D eigenvalue weighted by Gasteiger charge is -2.44. The molecule has 4 saturated heterocycles. The lowest BCUT2D eigenvalue weighted by Crippen LogP contribution is -2.62. The van der Waals surface area contributed by atoms with E-state index in [-0.39, 0.29) is 30.6 Å². The molecule has 7 unspecified atom stereocenters. The first-order valence-corrected chi connectivity index (χ1v) is 13.6. The third kappa shape index (κ3) is 6.19. The van der Waals surface area contributed by atoms with Gasteiger partial charge in [-0.15, -0.1) is 0 Å². The molecule has 0 radical (unpaired) electrons. The first-order valence-electron chi connectivity index (χ1n) is 13.6. The second-order valence-electron chi connectivity index (χ2n) is 10.7. The summed E-state index contributed by atoms with van der Waals surface area (Å²) in [6, 6.07) is 6.68. The standard InChI is InChI=1S/C26H43N7O3/c1-16-4-5-20(30-25(34)24-17(2)36-18(3)29-24)13-23(16)32-26-28-7-6-22(31-26)19-12-21(15-27-14-19)33-8-10-35-11-9-33/h4-5,13,17-19,21-22,24,26-29,31-32H,6-12,14-15H2,1-3H3,(H,30,34). The number of rotatable bonds is 6. The van der Waals surface area contributed by atoms with Gasteiger partial charge in [-0.1, -0.05) is 6.07 Å². The monoisotopic (exact) mass is 501 g/mol. The van der Waals surface area contributed by atoms with Crippen LogP contribution in [0, 0.1) is 12.8 Å². The number of benzene rings is 1. The van der Waals surface area contributed by atoms with Crippen LogP contribution in [0.25, 0.3) is 0 Å². The van der Waals surface area contributed by atoms with Gasteiger partial charge in [-0.2, -0.15) is 0 Å². The maximum atomic E-state index is 12.8. The van der Waals surface area contributed by atoms with E-state index in [1.807, 2.05) is 32.0 Å². The summed E-state index contributed by atoms with van der Waals surface area (Å²) in [6.07, 6.45) is 2.03. The van der Waals surface area contributed by atoms with E-state index in [2.05, 4.69) is 43.7 Å². The van der Waals surface area contributed by atoms with Gasteiger partial charge in [0.15, 0.2) is 0 Å². The van der Waals surface area contributed by atoms with Crippen LogP contribution in [0.15, 0.2) is 18.2 Å². The summed E-state index contributed by atoms with van der Waals surface area (Å²) in [4.78, 5) is 15.4. The number of aryl methyl sites for hydroxylation is 1. The van der Waals surface area contributed by atoms with Crippen molar-refractivity contribution in [3.63, 3.8) is 0 Å². The number of carbonyl (C=O) groups excluding carboxylic acids is 1. The summed E-state index contributed by atoms with van der Waals surface area (Å²) < 4.78 is 11.2. The molecule has 1 aromatic rings. The number of ether oxygens (including phenoxy) is 2. The highest BCUT2D eigenvalue weighted by molar-refractivity contribution is 5.96. The molecule has 4 aliphatic rings. The van der Waals surface area contributed by atoms with Crippen LogP contribution >= 0.6 is 0 Å². The third-order valence-electron chi connectivity index (χ3n) is 8.07. The Labute approximate surface area is 214 Å². The molecule has 36 heavy (non-hydrogen) atoms. The molecular weight excluding hydrogens is 458 g/mol. The summed E-state index contributed by atoms with van der Waals surface area (Å²) in [5.74, 6) is 0.519. The number of anilines is 2. The number of amides is 1. The average Bonchev–Trinajstić information content (AvgIpc) is 3.24. The lowest BCUT2D eigenvalue weighted by molar-refractivity contribution is -0.118. The van der Waals surface area contributed by atoms with Crippen molar-refractivity contribution in [1.29, 1.82) is 0 Å². The second-order valence-corrected chi connectivity index (χ2v) is 10.7. The van der Waals surface area contributed by atoms with Gasteiger partial charge in [0.2, 0.25) is 5.91 Å². The summed E-state index contributed by atoms with van der Waals surface area (Å²) in [5, 5.41) is 21.0. The van der Waals surface area contributed by atoms with E-state index in [0.29, 0.717) is 18.0 Å². The zero-order valence-corrected chi connectivity index (χ0v) is 21.8. The molecule has 6 N–H and O–H groups in total. The number of hydrogen-bond acceptors (Lipinski definition) is 9. The van der Waals surface area contributed by atoms with Gasteiger partial charge in [0, 0.05) is 43.1 Å². The van der Waals surface area contributed by atoms with Crippen molar-refractivity contribution in [1.82, 2.24) is 26.2 Å². The van der Waals surface area contributed by atoms with Crippen molar-refractivity contribution in [2.24, 2.45) is 5.92 Å². The molecule has 4 aliphatic heterocycles. The van der Waals surface area contributed by atoms with Crippen molar-refractivity contribution >= 4 is 17.3 Å². The van der Waals surface area contributed by atoms with Crippen molar-refractivity contribution in [3.05, 3.63) is 23.8 Å². The van der Waals surface area contributed by atoms with Crippen LogP contribution in [-0.2, 0) is 14.3 Å². The van der Waals surface area contributed by atoms with E-state index < -0.39 is 0 Å². The van der Waals surface area contributed by atoms with Gasteiger partial charge in [0.25, 0.3) is 0 Å². The Morgan fingerprint density at radius 1 is 1.14 bits per heavy atom. The van der Waals surface area contributed by atoms with E-state index >= 15 is 0 Å². The molecule has 4 heterocycles. The fourth-order valence-electron chi connectivity index (χ4n) is 6.03. The zero-order chi connectivity index (χ0) is 25.1. The molecule has 5 rings (SSSR count). The van der Waals surface area contributed by atoms with Crippen molar-refractivity contribution in [2.75, 3.05) is 56.6 Å². The molecule has 1 amide bonds. The van der Waals surface area contributed by atoms with Gasteiger partial charge in [0.05, 0.1) is 19.3 Å². The number of hydrogen-bond donors (Lipinski definition) is 6. The van der Waals surface area contributed by atoms with Crippen LogP contribution in [0.4, 0.5) is 11.4 Å². The van der Waals surface area contributed by atoms with E-state index in [0.717, 1.165) is 69.3 Å². The number of nitrogens with one attached hydrogen (secondary N) is 6. The highest BCUT2D eigenvalue weighted by Gasteiger charge is 2.35. The van der Waals surface area contributed by atoms with Crippen molar-refractivity contribution in [3.8, 4) is 0 Å². The predicted octanol–water partition coefficient (Wildman–Crippen LogP) is 0.614. The lowest BCUT2D eigenvalue weighted by atomic mass is 9.86. The topological polar surface area (TPSA) is 111 Å². The SMILES string of the molecule is Cc1ccc(NC(=O)C2NC(C)OC2C)cc1NC1NCCC(C2CNCC(N3CCOCC3)C2)N1. The number of morpholine rings is 1. The van der Waals surface area contributed by atoms with E-state index in [9.17, 15) is 4.79 Å². The summed E-state index contributed by atoms with van der Waals surface area (Å²) >= 11 is 0. The first kappa shape index (κ1) is 25.8. The Kier molecular flexibility index (Phi) is 8.42. The molecule has 0 aliphatic carbocycles. The maximum absolute atomic E-state index is 12.8. The van der Waals surface area contributed by atoms with Gasteiger partial charge < -0.3 is 25.4 Å². The summed E-state index contributed by atoms with van der Waals surface area (Å²) in [5.41, 5.74) is 2.91. The molecule has 0 saturated carbocycles. The van der Waals surface area contributed by atoms with Crippen LogP contribution in [0.2, 0.25) is 0 Å².